The Morgan fingerprint density at radius 2 is 2.10 bits per heavy atom. The molecule has 2 rings (SSSR count). The third-order valence-corrected chi connectivity index (χ3v) is 2.67. The van der Waals surface area contributed by atoms with Gasteiger partial charge in [-0.15, -0.1) is 0 Å². The maximum atomic E-state index is 10.7. The fraction of sp³-hybridized carbons (Fsp3) is 0.143. The first-order chi connectivity index (χ1) is 9.60. The first kappa shape index (κ1) is 13.7. The first-order valence-electron chi connectivity index (χ1n) is 6.14. The molecule has 0 atom stereocenters. The second-order valence-corrected chi connectivity index (χ2v) is 4.11. The highest BCUT2D eigenvalue weighted by molar-refractivity contribution is 5.75. The van der Waals surface area contributed by atoms with Gasteiger partial charge in [-0.3, -0.25) is 10.1 Å². The molecule has 0 spiro atoms. The Bertz CT molecular complexity index is 629. The molecule has 0 radical (unpaired) electrons. The van der Waals surface area contributed by atoms with E-state index in [2.05, 4.69) is 5.32 Å². The van der Waals surface area contributed by atoms with Crippen molar-refractivity contribution in [1.29, 1.82) is 0 Å². The number of anilines is 3. The SMILES string of the molecule is CCOc1cccc(Nc2ccc([N+](=O)[O-])cc2N)c1. The Hall–Kier alpha value is -2.76. The van der Waals surface area contributed by atoms with E-state index in [4.69, 9.17) is 10.5 Å². The molecule has 0 heterocycles. The number of benzene rings is 2. The van der Waals surface area contributed by atoms with E-state index in [1.807, 2.05) is 31.2 Å². The van der Waals surface area contributed by atoms with Gasteiger partial charge in [-0.25, -0.2) is 0 Å². The summed E-state index contributed by atoms with van der Waals surface area (Å²) < 4.78 is 5.40. The molecule has 0 aliphatic heterocycles. The van der Waals surface area contributed by atoms with E-state index >= 15 is 0 Å². The van der Waals surface area contributed by atoms with Crippen LogP contribution in [0.5, 0.6) is 5.75 Å². The van der Waals surface area contributed by atoms with Gasteiger partial charge < -0.3 is 15.8 Å². The number of hydrogen-bond donors (Lipinski definition) is 2. The summed E-state index contributed by atoms with van der Waals surface area (Å²) in [7, 11) is 0. The number of nitro groups is 1. The van der Waals surface area contributed by atoms with Gasteiger partial charge in [0.15, 0.2) is 0 Å². The number of hydrogen-bond acceptors (Lipinski definition) is 5. The van der Waals surface area contributed by atoms with Crippen LogP contribution in [-0.4, -0.2) is 11.5 Å². The molecule has 0 aliphatic rings. The van der Waals surface area contributed by atoms with Crippen LogP contribution in [0.2, 0.25) is 0 Å². The number of nitro benzene ring substituents is 1. The maximum absolute atomic E-state index is 10.7. The molecule has 2 aromatic rings. The molecule has 2 aromatic carbocycles. The summed E-state index contributed by atoms with van der Waals surface area (Å²) in [4.78, 5) is 10.2. The summed E-state index contributed by atoms with van der Waals surface area (Å²) in [6.45, 7) is 2.50. The van der Waals surface area contributed by atoms with E-state index in [1.54, 1.807) is 6.07 Å². The van der Waals surface area contributed by atoms with Gasteiger partial charge in [0.2, 0.25) is 0 Å². The minimum absolute atomic E-state index is 0.0314. The molecule has 6 nitrogen and oxygen atoms in total. The molecule has 104 valence electrons. The van der Waals surface area contributed by atoms with Crippen molar-refractivity contribution < 1.29 is 9.66 Å². The second kappa shape index (κ2) is 5.92. The molecule has 0 saturated carbocycles. The summed E-state index contributed by atoms with van der Waals surface area (Å²) in [5, 5.41) is 13.8. The van der Waals surface area contributed by atoms with Gasteiger partial charge in [0.1, 0.15) is 5.75 Å². The van der Waals surface area contributed by atoms with E-state index in [0.29, 0.717) is 18.0 Å². The summed E-state index contributed by atoms with van der Waals surface area (Å²) >= 11 is 0. The van der Waals surface area contributed by atoms with E-state index in [-0.39, 0.29) is 5.69 Å². The number of rotatable bonds is 5. The summed E-state index contributed by atoms with van der Waals surface area (Å²) in [6, 6.07) is 11.7. The highest BCUT2D eigenvalue weighted by atomic mass is 16.6. The fourth-order valence-electron chi connectivity index (χ4n) is 1.76. The van der Waals surface area contributed by atoms with Crippen molar-refractivity contribution in [3.63, 3.8) is 0 Å². The lowest BCUT2D eigenvalue weighted by Crippen LogP contribution is -1.98. The van der Waals surface area contributed by atoms with E-state index < -0.39 is 4.92 Å². The maximum Gasteiger partial charge on any atom is 0.271 e. The van der Waals surface area contributed by atoms with Crippen LogP contribution in [-0.2, 0) is 0 Å². The largest absolute Gasteiger partial charge is 0.494 e. The van der Waals surface area contributed by atoms with E-state index in [9.17, 15) is 10.1 Å². The second-order valence-electron chi connectivity index (χ2n) is 4.11. The summed E-state index contributed by atoms with van der Waals surface area (Å²) in [5.74, 6) is 0.748. The zero-order chi connectivity index (χ0) is 14.5. The lowest BCUT2D eigenvalue weighted by molar-refractivity contribution is -0.384. The number of ether oxygens (including phenoxy) is 1. The van der Waals surface area contributed by atoms with Gasteiger partial charge in [0.05, 0.1) is 22.9 Å². The molecule has 0 unspecified atom stereocenters. The minimum Gasteiger partial charge on any atom is -0.494 e. The zero-order valence-electron chi connectivity index (χ0n) is 11.0. The molecular weight excluding hydrogens is 258 g/mol. The Morgan fingerprint density at radius 1 is 1.30 bits per heavy atom. The molecule has 0 fully saturated rings. The van der Waals surface area contributed by atoms with Gasteiger partial charge in [0, 0.05) is 23.9 Å². The number of nitrogens with two attached hydrogens (primary N) is 1. The van der Waals surface area contributed by atoms with Crippen LogP contribution in [0.3, 0.4) is 0 Å². The minimum atomic E-state index is -0.476. The van der Waals surface area contributed by atoms with Gasteiger partial charge in [0.25, 0.3) is 5.69 Å². The Morgan fingerprint density at radius 3 is 2.75 bits per heavy atom. The van der Waals surface area contributed by atoms with Gasteiger partial charge >= 0.3 is 0 Å². The molecule has 6 heteroatoms. The standard InChI is InChI=1S/C14H15N3O3/c1-2-20-12-5-3-4-10(8-12)16-14-7-6-11(17(18)19)9-13(14)15/h3-9,16H,2,15H2,1H3. The van der Waals surface area contributed by atoms with Crippen LogP contribution in [0.4, 0.5) is 22.7 Å². The van der Waals surface area contributed by atoms with E-state index in [0.717, 1.165) is 11.4 Å². The van der Waals surface area contributed by atoms with Crippen molar-refractivity contribution in [1.82, 2.24) is 0 Å². The van der Waals surface area contributed by atoms with Crippen LogP contribution in [0.15, 0.2) is 42.5 Å². The predicted octanol–water partition coefficient (Wildman–Crippen LogP) is 3.32. The number of nitrogen functional groups attached to an aromatic ring is 1. The molecule has 0 amide bonds. The van der Waals surface area contributed by atoms with Crippen LogP contribution in [0.1, 0.15) is 6.92 Å². The molecule has 0 aliphatic carbocycles. The van der Waals surface area contributed by atoms with Gasteiger partial charge in [-0.05, 0) is 25.1 Å². The van der Waals surface area contributed by atoms with Crippen molar-refractivity contribution in [3.05, 3.63) is 52.6 Å². The summed E-state index contributed by atoms with van der Waals surface area (Å²) in [6.07, 6.45) is 0. The lowest BCUT2D eigenvalue weighted by atomic mass is 10.2. The van der Waals surface area contributed by atoms with Crippen LogP contribution in [0, 0.1) is 10.1 Å². The number of nitrogens with one attached hydrogen (secondary N) is 1. The molecule has 0 aromatic heterocycles. The Kier molecular flexibility index (Phi) is 4.05. The average Bonchev–Trinajstić information content (AvgIpc) is 2.42. The lowest BCUT2D eigenvalue weighted by Gasteiger charge is -2.10. The van der Waals surface area contributed by atoms with E-state index in [1.165, 1.54) is 12.1 Å². The van der Waals surface area contributed by atoms with Crippen molar-refractivity contribution in [3.8, 4) is 5.75 Å². The van der Waals surface area contributed by atoms with Crippen molar-refractivity contribution in [2.75, 3.05) is 17.7 Å². The smallest absolute Gasteiger partial charge is 0.271 e. The highest BCUT2D eigenvalue weighted by Crippen LogP contribution is 2.28. The van der Waals surface area contributed by atoms with Crippen LogP contribution >= 0.6 is 0 Å². The fourth-order valence-corrected chi connectivity index (χ4v) is 1.76. The third-order valence-electron chi connectivity index (χ3n) is 2.67. The monoisotopic (exact) mass is 273 g/mol. The normalized spacial score (nSPS) is 10.1. The van der Waals surface area contributed by atoms with Gasteiger partial charge in [-0.1, -0.05) is 6.07 Å². The molecule has 3 N–H and O–H groups in total. The number of non-ortho nitro benzene ring substituents is 1. The molecule has 20 heavy (non-hydrogen) atoms. The zero-order valence-corrected chi connectivity index (χ0v) is 11.0. The highest BCUT2D eigenvalue weighted by Gasteiger charge is 2.08. The number of nitrogens with zero attached hydrogens (tertiary/aromatic N) is 1. The molecule has 0 bridgehead atoms. The average molecular weight is 273 g/mol. The Balaban J connectivity index is 2.21. The van der Waals surface area contributed by atoms with Crippen molar-refractivity contribution in [2.45, 2.75) is 6.92 Å². The molecular formula is C14H15N3O3. The van der Waals surface area contributed by atoms with Crippen LogP contribution in [0.25, 0.3) is 0 Å². The topological polar surface area (TPSA) is 90.4 Å². The van der Waals surface area contributed by atoms with Crippen molar-refractivity contribution in [2.24, 2.45) is 0 Å². The summed E-state index contributed by atoms with van der Waals surface area (Å²) in [5.41, 5.74) is 7.51. The van der Waals surface area contributed by atoms with Crippen LogP contribution < -0.4 is 15.8 Å². The van der Waals surface area contributed by atoms with Crippen molar-refractivity contribution >= 4 is 22.7 Å². The quantitative estimate of drug-likeness (QED) is 0.495. The van der Waals surface area contributed by atoms with Gasteiger partial charge in [-0.2, -0.15) is 0 Å². The predicted molar refractivity (Wildman–Crippen MR) is 78.4 cm³/mol. The third kappa shape index (κ3) is 3.17. The Labute approximate surface area is 116 Å². The first-order valence-corrected chi connectivity index (χ1v) is 6.14. The molecule has 0 saturated heterocycles.